The quantitative estimate of drug-likeness (QED) is 0.162. The van der Waals surface area contributed by atoms with Crippen molar-refractivity contribution in [2.24, 2.45) is 5.41 Å². The molecule has 2 aromatic heterocycles. The Labute approximate surface area is 452 Å². The summed E-state index contributed by atoms with van der Waals surface area (Å²) < 4.78 is 113. The van der Waals surface area contributed by atoms with Crippen LogP contribution < -0.4 is 0 Å². The summed E-state index contributed by atoms with van der Waals surface area (Å²) in [6, 6.07) is 33.9. The zero-order valence-electron chi connectivity index (χ0n) is 56.0. The number of fused-ring (bicyclic) bond motifs is 1. The van der Waals surface area contributed by atoms with E-state index in [9.17, 15) is 7.85 Å². The number of benzene rings is 6. The Hall–Kier alpha value is -5.57. The second kappa shape index (κ2) is 18.6. The molecule has 0 fully saturated rings. The van der Waals surface area contributed by atoms with E-state index >= 15 is 0 Å². The van der Waals surface area contributed by atoms with Gasteiger partial charge in [0.25, 0.3) is 0 Å². The van der Waals surface area contributed by atoms with E-state index in [4.69, 9.17) is 25.0 Å². The first-order valence-electron chi connectivity index (χ1n) is 30.2. The molecule has 4 nitrogen and oxygen atoms in total. The molecule has 8 aromatic rings. The summed E-state index contributed by atoms with van der Waals surface area (Å²) in [7, 11) is 0. The molecule has 0 aliphatic rings. The molecule has 0 atom stereocenters. The van der Waals surface area contributed by atoms with Crippen LogP contribution in [0.25, 0.3) is 72.7 Å². The van der Waals surface area contributed by atoms with Crippen molar-refractivity contribution in [3.05, 3.63) is 167 Å². The summed E-state index contributed by atoms with van der Waals surface area (Å²) in [6.07, 6.45) is 1.43. The summed E-state index contributed by atoms with van der Waals surface area (Å²) in [5, 5.41) is 12.7. The Balaban J connectivity index is 0.00000990. The maximum Gasteiger partial charge on any atom is 0.148 e. The summed E-state index contributed by atoms with van der Waals surface area (Å²) in [5.74, 6) is 0.653. The van der Waals surface area contributed by atoms with E-state index in [1.807, 2.05) is 42.5 Å². The van der Waals surface area contributed by atoms with Gasteiger partial charge < -0.3 is 5.11 Å². The number of para-hydroxylation sites is 1. The number of pyridine rings is 1. The predicted molar refractivity (Wildman–Crippen MR) is 294 cm³/mol. The summed E-state index contributed by atoms with van der Waals surface area (Å²) in [5.41, 5.74) is 4.04. The predicted octanol–water partition coefficient (Wildman–Crippen LogP) is 17.8. The van der Waals surface area contributed by atoms with Crippen molar-refractivity contribution < 1.29 is 44.0 Å². The van der Waals surface area contributed by atoms with Gasteiger partial charge in [-0.2, -0.15) is 0 Å². The molecular formula is C65H74N3OPt-. The SMILES string of the molecule is [2H]c1c([2H])c(C(C([2H])([2H])[2H])(C([2H])([2H])[2H])C([2H])([2H])[2H])c([2H])c([2H])c1-c1ccnc(-c2[c-]c(-c3cccc4c3nc(-c3cc(C(C)(C)C)cc(C(C)(C)C)c3O)n4-c3ccc(C(C)(C)C(C)(C)C)cc3-c3ccccc3)cc(C(C)(C)C)c2)c1.[Pt]. The summed E-state index contributed by atoms with van der Waals surface area (Å²) in [6.45, 7) is 18.8. The van der Waals surface area contributed by atoms with E-state index in [-0.39, 0.29) is 54.2 Å². The maximum absolute atomic E-state index is 12.7. The number of hydrogen-bond donors (Lipinski definition) is 1. The van der Waals surface area contributed by atoms with Gasteiger partial charge in [0.1, 0.15) is 11.6 Å². The minimum atomic E-state index is -3.82. The molecule has 0 unspecified atom stereocenters. The van der Waals surface area contributed by atoms with E-state index < -0.39 is 66.5 Å². The van der Waals surface area contributed by atoms with Gasteiger partial charge in [0.15, 0.2) is 0 Å². The molecule has 1 N–H and O–H groups in total. The molecule has 0 saturated carbocycles. The molecule has 5 heteroatoms. The van der Waals surface area contributed by atoms with Crippen molar-refractivity contribution in [3.8, 4) is 67.5 Å². The number of aromatic hydroxyl groups is 1. The molecule has 0 aliphatic carbocycles. The minimum Gasteiger partial charge on any atom is -0.507 e. The van der Waals surface area contributed by atoms with Gasteiger partial charge in [0, 0.05) is 56.4 Å². The van der Waals surface area contributed by atoms with Gasteiger partial charge in [-0.1, -0.05) is 213 Å². The average molecular weight is 1120 g/mol. The van der Waals surface area contributed by atoms with Gasteiger partial charge in [0.2, 0.25) is 0 Å². The van der Waals surface area contributed by atoms with Crippen LogP contribution in [0.2, 0.25) is 0 Å². The fourth-order valence-electron chi connectivity index (χ4n) is 8.62. The van der Waals surface area contributed by atoms with Gasteiger partial charge in [-0.05, 0) is 96.2 Å². The van der Waals surface area contributed by atoms with Crippen LogP contribution in [0.3, 0.4) is 0 Å². The topological polar surface area (TPSA) is 50.9 Å². The molecule has 6 aromatic carbocycles. The standard InChI is InChI=1S/C65H74N3O.Pt/c1-60(2,3)46-28-26-41(27-29-46)43-32-33-66-54(37-43)45-34-44(35-48(36-45)61(4,5)6)50-24-21-25-56-57(50)67-59(52-39-49(62(7,8)9)40-53(58(52)69)63(10,11)12)68(56)55-31-30-47(65(16,17)64(13,14)15)38-51(55)42-22-19-18-20-23-42;/h18-33,35-40,69H,1-17H3;/q-1;/i1D3,2D3,3D3,26D,27D,28D,29D;. The van der Waals surface area contributed by atoms with Crippen LogP contribution in [0.4, 0.5) is 0 Å². The van der Waals surface area contributed by atoms with Gasteiger partial charge in [-0.3, -0.25) is 9.55 Å². The van der Waals surface area contributed by atoms with Crippen LogP contribution in [0, 0.1) is 11.5 Å². The Bertz CT molecular complexity index is 3730. The monoisotopic (exact) mass is 1120 g/mol. The van der Waals surface area contributed by atoms with Crippen molar-refractivity contribution in [1.29, 1.82) is 0 Å². The zero-order valence-corrected chi connectivity index (χ0v) is 45.3. The van der Waals surface area contributed by atoms with E-state index in [2.05, 4.69) is 156 Å². The number of nitrogens with zero attached hydrogens (tertiary/aromatic N) is 3. The van der Waals surface area contributed by atoms with Crippen LogP contribution in [0.1, 0.15) is 163 Å². The number of hydrogen-bond acceptors (Lipinski definition) is 3. The fraction of sp³-hybridized carbons (Fsp3) is 0.354. The Kier molecular flexibility index (Phi) is 9.87. The minimum absolute atomic E-state index is 0. The number of phenols is 1. The van der Waals surface area contributed by atoms with E-state index in [0.717, 1.165) is 44.6 Å². The number of phenolic OH excluding ortho intramolecular Hbond substituents is 1. The van der Waals surface area contributed by atoms with Crippen molar-refractivity contribution >= 4 is 11.0 Å². The number of imidazole rings is 1. The Morgan fingerprint density at radius 2 is 1.17 bits per heavy atom. The Morgan fingerprint density at radius 3 is 1.79 bits per heavy atom. The Morgan fingerprint density at radius 1 is 0.543 bits per heavy atom. The first-order valence-corrected chi connectivity index (χ1v) is 23.7. The molecular weight excluding hydrogens is 1030 g/mol. The molecule has 70 heavy (non-hydrogen) atoms. The number of aromatic nitrogens is 3. The molecule has 0 amide bonds. The third-order valence-electron chi connectivity index (χ3n) is 14.0. The van der Waals surface area contributed by atoms with Crippen LogP contribution in [-0.2, 0) is 48.1 Å². The van der Waals surface area contributed by atoms with E-state index in [0.29, 0.717) is 39.3 Å². The summed E-state index contributed by atoms with van der Waals surface area (Å²) >= 11 is 0. The van der Waals surface area contributed by atoms with Crippen LogP contribution in [-0.4, -0.2) is 19.6 Å². The normalized spacial score (nSPS) is 16.1. The molecule has 0 bridgehead atoms. The first kappa shape index (κ1) is 37.2. The van der Waals surface area contributed by atoms with Crippen LogP contribution >= 0.6 is 0 Å². The van der Waals surface area contributed by atoms with Crippen LogP contribution in [0.5, 0.6) is 5.75 Å². The van der Waals surface area contributed by atoms with Gasteiger partial charge in [0.05, 0.1) is 27.8 Å². The van der Waals surface area contributed by atoms with Gasteiger partial charge in [-0.15, -0.1) is 29.3 Å². The number of rotatable bonds is 7. The van der Waals surface area contributed by atoms with Crippen molar-refractivity contribution in [2.75, 3.05) is 0 Å². The molecule has 2 heterocycles. The molecule has 0 spiro atoms. The molecule has 0 saturated heterocycles. The van der Waals surface area contributed by atoms with Crippen molar-refractivity contribution in [1.82, 2.24) is 14.5 Å². The summed E-state index contributed by atoms with van der Waals surface area (Å²) in [4.78, 5) is 10.4. The first-order chi connectivity index (χ1) is 37.5. The van der Waals surface area contributed by atoms with Crippen molar-refractivity contribution in [3.63, 3.8) is 0 Å². The van der Waals surface area contributed by atoms with Crippen LogP contribution in [0.15, 0.2) is 133 Å². The smallest absolute Gasteiger partial charge is 0.148 e. The second-order valence-electron chi connectivity index (χ2n) is 23.2. The van der Waals surface area contributed by atoms with Gasteiger partial charge in [-0.25, -0.2) is 4.98 Å². The van der Waals surface area contributed by atoms with E-state index in [1.165, 1.54) is 12.3 Å². The maximum atomic E-state index is 12.7. The average Bonchev–Trinajstić information content (AvgIpc) is 2.86. The fourth-order valence-corrected chi connectivity index (χ4v) is 8.62. The molecule has 8 rings (SSSR count). The van der Waals surface area contributed by atoms with Gasteiger partial charge >= 0.3 is 0 Å². The zero-order chi connectivity index (χ0) is 61.2. The van der Waals surface area contributed by atoms with Crippen molar-refractivity contribution in [2.45, 2.75) is 145 Å². The largest absolute Gasteiger partial charge is 0.507 e. The molecule has 0 aliphatic heterocycles. The molecule has 0 radical (unpaired) electrons. The third-order valence-corrected chi connectivity index (χ3v) is 14.0. The molecule has 366 valence electrons. The van der Waals surface area contributed by atoms with E-state index in [1.54, 1.807) is 6.07 Å². The third kappa shape index (κ3) is 10.1. The second-order valence-corrected chi connectivity index (χ2v) is 23.2.